The number of aryl methyl sites for hydroxylation is 1. The first-order chi connectivity index (χ1) is 11.5. The number of hydrogen-bond acceptors (Lipinski definition) is 4. The summed E-state index contributed by atoms with van der Waals surface area (Å²) in [5, 5.41) is 0.513. The zero-order valence-electron chi connectivity index (χ0n) is 13.9. The van der Waals surface area contributed by atoms with Crippen molar-refractivity contribution in [2.75, 3.05) is 32.8 Å². The summed E-state index contributed by atoms with van der Waals surface area (Å²) in [5.41, 5.74) is 1.54. The van der Waals surface area contributed by atoms with Crippen molar-refractivity contribution in [2.45, 2.75) is 0 Å². The number of rotatable bonds is 5. The van der Waals surface area contributed by atoms with Crippen LogP contribution >= 0.6 is 24.0 Å². The monoisotopic (exact) mass is 382 g/mol. The summed E-state index contributed by atoms with van der Waals surface area (Å²) in [7, 11) is 1.77. The molecule has 0 unspecified atom stereocenters. The highest BCUT2D eigenvalue weighted by atomic mass is 35.5. The lowest BCUT2D eigenvalue weighted by Gasteiger charge is -2.25. The Morgan fingerprint density at radius 1 is 1.16 bits per heavy atom. The second-order valence-electron chi connectivity index (χ2n) is 5.88. The van der Waals surface area contributed by atoms with Crippen LogP contribution in [0.25, 0.3) is 0 Å². The molecule has 1 fully saturated rings. The zero-order valence-corrected chi connectivity index (χ0v) is 15.5. The predicted octanol–water partition coefficient (Wildman–Crippen LogP) is 2.85. The van der Waals surface area contributed by atoms with E-state index >= 15 is 0 Å². The van der Waals surface area contributed by atoms with Gasteiger partial charge in [-0.05, 0) is 18.2 Å². The molecule has 1 aliphatic rings. The molecule has 0 atom stereocenters. The Balaban J connectivity index is 0.00000225. The largest absolute Gasteiger partial charge is 0.379 e. The van der Waals surface area contributed by atoms with Crippen LogP contribution in [-0.4, -0.2) is 53.9 Å². The van der Waals surface area contributed by atoms with Gasteiger partial charge in [-0.15, -0.1) is 12.4 Å². The van der Waals surface area contributed by atoms with Gasteiger partial charge < -0.3 is 9.30 Å². The van der Waals surface area contributed by atoms with Crippen molar-refractivity contribution >= 4 is 35.6 Å². The Morgan fingerprint density at radius 2 is 1.88 bits per heavy atom. The van der Waals surface area contributed by atoms with Crippen LogP contribution in [0.3, 0.4) is 0 Å². The summed E-state index contributed by atoms with van der Waals surface area (Å²) in [5.74, 6) is -0.136. The minimum atomic E-state index is -0.148. The number of morpholine rings is 1. The van der Waals surface area contributed by atoms with Crippen molar-refractivity contribution in [2.24, 2.45) is 7.05 Å². The fourth-order valence-corrected chi connectivity index (χ4v) is 2.96. The topological polar surface area (TPSA) is 51.5 Å². The van der Waals surface area contributed by atoms with Gasteiger partial charge in [-0.1, -0.05) is 23.7 Å². The van der Waals surface area contributed by atoms with Crippen LogP contribution in [0.5, 0.6) is 0 Å². The van der Waals surface area contributed by atoms with Gasteiger partial charge in [-0.3, -0.25) is 14.5 Å². The third kappa shape index (κ3) is 4.70. The quantitative estimate of drug-likeness (QED) is 0.746. The molecule has 0 amide bonds. The molecule has 5 nitrogen and oxygen atoms in total. The summed E-state index contributed by atoms with van der Waals surface area (Å²) < 4.78 is 6.98. The summed E-state index contributed by atoms with van der Waals surface area (Å²) >= 11 is 5.95. The maximum absolute atomic E-state index is 12.6. The average molecular weight is 383 g/mol. The molecule has 1 saturated heterocycles. The van der Waals surface area contributed by atoms with Crippen LogP contribution in [0.4, 0.5) is 0 Å². The van der Waals surface area contributed by atoms with Crippen LogP contribution in [0.15, 0.2) is 36.5 Å². The van der Waals surface area contributed by atoms with E-state index in [1.54, 1.807) is 48.1 Å². The summed E-state index contributed by atoms with van der Waals surface area (Å²) in [6, 6.07) is 8.47. The fourth-order valence-electron chi connectivity index (χ4n) is 2.77. The molecule has 0 radical (unpaired) electrons. The molecule has 25 heavy (non-hydrogen) atoms. The Labute approximate surface area is 157 Å². The molecule has 0 aliphatic carbocycles. The van der Waals surface area contributed by atoms with Crippen LogP contribution in [0, 0.1) is 0 Å². The third-order valence-corrected chi connectivity index (χ3v) is 4.35. The molecule has 3 rings (SSSR count). The minimum absolute atomic E-state index is 0. The number of ketones is 2. The Kier molecular flexibility index (Phi) is 6.79. The first-order valence-corrected chi connectivity index (χ1v) is 8.22. The van der Waals surface area contributed by atoms with E-state index in [9.17, 15) is 9.59 Å². The van der Waals surface area contributed by atoms with Gasteiger partial charge in [-0.2, -0.15) is 0 Å². The van der Waals surface area contributed by atoms with E-state index < -0.39 is 0 Å². The van der Waals surface area contributed by atoms with Crippen molar-refractivity contribution in [3.63, 3.8) is 0 Å². The van der Waals surface area contributed by atoms with Crippen molar-refractivity contribution in [1.29, 1.82) is 0 Å². The van der Waals surface area contributed by atoms with Crippen LogP contribution < -0.4 is 0 Å². The average Bonchev–Trinajstić information content (AvgIpc) is 2.97. The standard InChI is InChI=1S/C18H19ClN2O3.ClH/c1-20-11-14(17(22)12-21-5-7-24-8-6-21)10-16(20)18(23)13-3-2-4-15(19)9-13;/h2-4,9-11H,5-8,12H2,1H3;1H. The summed E-state index contributed by atoms with van der Waals surface area (Å²) in [4.78, 5) is 27.2. The molecule has 1 aliphatic heterocycles. The highest BCUT2D eigenvalue weighted by Crippen LogP contribution is 2.17. The van der Waals surface area contributed by atoms with E-state index in [1.807, 2.05) is 0 Å². The molecule has 7 heteroatoms. The highest BCUT2D eigenvalue weighted by Gasteiger charge is 2.20. The second-order valence-corrected chi connectivity index (χ2v) is 6.31. The molecule has 2 aromatic rings. The molecule has 0 spiro atoms. The number of ether oxygens (including phenoxy) is 1. The van der Waals surface area contributed by atoms with E-state index in [1.165, 1.54) is 0 Å². The van der Waals surface area contributed by atoms with Crippen LogP contribution in [0.2, 0.25) is 5.02 Å². The number of aromatic nitrogens is 1. The normalized spacial score (nSPS) is 14.8. The number of Topliss-reactive ketones (excluding diaryl/α,β-unsaturated/α-hetero) is 1. The van der Waals surface area contributed by atoms with Gasteiger partial charge in [0.1, 0.15) is 0 Å². The Morgan fingerprint density at radius 3 is 2.56 bits per heavy atom. The van der Waals surface area contributed by atoms with Gasteiger partial charge in [0.25, 0.3) is 0 Å². The van der Waals surface area contributed by atoms with Crippen LogP contribution in [0.1, 0.15) is 26.4 Å². The van der Waals surface area contributed by atoms with E-state index in [4.69, 9.17) is 16.3 Å². The highest BCUT2D eigenvalue weighted by molar-refractivity contribution is 6.31. The van der Waals surface area contributed by atoms with Gasteiger partial charge in [-0.25, -0.2) is 0 Å². The first-order valence-electron chi connectivity index (χ1n) is 7.84. The summed E-state index contributed by atoms with van der Waals surface area (Å²) in [6.45, 7) is 3.17. The fraction of sp³-hybridized carbons (Fsp3) is 0.333. The smallest absolute Gasteiger partial charge is 0.209 e. The molecule has 134 valence electrons. The molecule has 1 aromatic carbocycles. The van der Waals surface area contributed by atoms with Crippen molar-refractivity contribution in [3.8, 4) is 0 Å². The van der Waals surface area contributed by atoms with E-state index in [-0.39, 0.29) is 24.0 Å². The molecule has 1 aromatic heterocycles. The number of carbonyl (C=O) groups is 2. The molecule has 0 bridgehead atoms. The van der Waals surface area contributed by atoms with Crippen molar-refractivity contribution < 1.29 is 14.3 Å². The van der Waals surface area contributed by atoms with E-state index in [2.05, 4.69) is 4.90 Å². The third-order valence-electron chi connectivity index (χ3n) is 4.12. The van der Waals surface area contributed by atoms with Crippen molar-refractivity contribution in [1.82, 2.24) is 9.47 Å². The lowest BCUT2D eigenvalue weighted by atomic mass is 10.1. The molecular weight excluding hydrogens is 363 g/mol. The van der Waals surface area contributed by atoms with Gasteiger partial charge in [0.2, 0.25) is 5.78 Å². The number of nitrogens with zero attached hydrogens (tertiary/aromatic N) is 2. The predicted molar refractivity (Wildman–Crippen MR) is 99.1 cm³/mol. The molecule has 0 N–H and O–H groups in total. The maximum Gasteiger partial charge on any atom is 0.209 e. The zero-order chi connectivity index (χ0) is 17.1. The summed E-state index contributed by atoms with van der Waals surface area (Å²) in [6.07, 6.45) is 1.71. The minimum Gasteiger partial charge on any atom is -0.379 e. The number of carbonyl (C=O) groups excluding carboxylic acids is 2. The van der Waals surface area contributed by atoms with Gasteiger partial charge >= 0.3 is 0 Å². The number of halogens is 2. The first kappa shape index (κ1) is 19.7. The molecule has 2 heterocycles. The van der Waals surface area contributed by atoms with Gasteiger partial charge in [0.15, 0.2) is 5.78 Å². The maximum atomic E-state index is 12.6. The lowest BCUT2D eigenvalue weighted by molar-refractivity contribution is 0.0371. The van der Waals surface area contributed by atoms with Gasteiger partial charge in [0.05, 0.1) is 25.5 Å². The van der Waals surface area contributed by atoms with E-state index in [0.29, 0.717) is 41.6 Å². The molecule has 0 saturated carbocycles. The van der Waals surface area contributed by atoms with Crippen LogP contribution in [-0.2, 0) is 11.8 Å². The van der Waals surface area contributed by atoms with E-state index in [0.717, 1.165) is 13.1 Å². The number of hydrogen-bond donors (Lipinski definition) is 0. The molecular formula is C18H20Cl2N2O3. The SMILES string of the molecule is Cl.Cn1cc(C(=O)CN2CCOCC2)cc1C(=O)c1cccc(Cl)c1. The Bertz CT molecular complexity index is 767. The second kappa shape index (κ2) is 8.63. The van der Waals surface area contributed by atoms with Gasteiger partial charge in [0, 0.05) is 42.5 Å². The van der Waals surface area contributed by atoms with Crippen molar-refractivity contribution in [3.05, 3.63) is 58.4 Å². The lowest BCUT2D eigenvalue weighted by Crippen LogP contribution is -2.39. The Hall–Kier alpha value is -1.66. The number of benzene rings is 1.